The van der Waals surface area contributed by atoms with Gasteiger partial charge in [-0.25, -0.2) is 0 Å². The Labute approximate surface area is 314 Å². The molecule has 4 nitrogen and oxygen atoms in total. The lowest BCUT2D eigenvalue weighted by Gasteiger charge is -2.13. The van der Waals surface area contributed by atoms with Crippen LogP contribution in [0.1, 0.15) is 193 Å². The lowest BCUT2D eigenvalue weighted by atomic mass is 10.0. The van der Waals surface area contributed by atoms with Crippen molar-refractivity contribution in [3.05, 3.63) is 48.1 Å². The smallest absolute Gasteiger partial charge is 0.305 e. The van der Waals surface area contributed by atoms with Crippen LogP contribution in [0.2, 0.25) is 0 Å². The lowest BCUT2D eigenvalue weighted by molar-refractivity contribution is -0.144. The van der Waals surface area contributed by atoms with E-state index in [9.17, 15) is 4.79 Å². The predicted molar refractivity (Wildman–Crippen MR) is 217 cm³/mol. The molecule has 0 atom stereocenters. The van der Waals surface area contributed by atoms with E-state index in [1.165, 1.54) is 153 Å². The van der Waals surface area contributed by atoms with Gasteiger partial charge in [-0.05, 0) is 75.5 Å². The van der Waals surface area contributed by atoms with Crippen LogP contribution in [-0.4, -0.2) is 31.7 Å². The highest BCUT2D eigenvalue weighted by atomic mass is 35.5. The maximum absolute atomic E-state index is 11.8. The van der Waals surface area contributed by atoms with E-state index in [2.05, 4.69) is 50.3 Å². The zero-order valence-electron chi connectivity index (χ0n) is 32.7. The molecule has 0 amide bonds. The molecule has 0 N–H and O–H groups in total. The topological polar surface area (TPSA) is 44.8 Å². The zero-order valence-corrected chi connectivity index (χ0v) is 33.4. The van der Waals surface area contributed by atoms with Crippen LogP contribution in [0.4, 0.5) is 0 Å². The first-order chi connectivity index (χ1) is 24.7. The van der Waals surface area contributed by atoms with Gasteiger partial charge >= 0.3 is 5.97 Å². The van der Waals surface area contributed by atoms with Gasteiger partial charge in [0.1, 0.15) is 24.7 Å². The van der Waals surface area contributed by atoms with Crippen LogP contribution in [0, 0.1) is 0 Å². The number of hydrogen-bond acceptors (Lipinski definition) is 4. The van der Waals surface area contributed by atoms with Crippen molar-refractivity contribution in [3.8, 4) is 11.5 Å². The quantitative estimate of drug-likeness (QED) is 0.0298. The Balaban J connectivity index is 2.31. The summed E-state index contributed by atoms with van der Waals surface area (Å²) in [5.74, 6) is 1.92. The maximum atomic E-state index is 11.8. The summed E-state index contributed by atoms with van der Waals surface area (Å²) in [5, 5.41) is 0. The molecule has 0 spiro atoms. The van der Waals surface area contributed by atoms with Gasteiger partial charge in [0.2, 0.25) is 0 Å². The summed E-state index contributed by atoms with van der Waals surface area (Å²) in [4.78, 5) is 11.8. The van der Waals surface area contributed by atoms with Gasteiger partial charge in [-0.1, -0.05) is 154 Å². The normalized spacial score (nSPS) is 11.6. The monoisotopic (exact) mass is 717 g/mol. The molecule has 0 aliphatic rings. The van der Waals surface area contributed by atoms with Gasteiger partial charge in [0, 0.05) is 18.4 Å². The Kier molecular flexibility index (Phi) is 34.0. The largest absolute Gasteiger partial charge is 0.493 e. The number of allylic oxidation sites excluding steroid dienone is 4. The number of rotatable bonds is 37. The highest BCUT2D eigenvalue weighted by Crippen LogP contribution is 2.25. The van der Waals surface area contributed by atoms with Gasteiger partial charge in [-0.2, -0.15) is 0 Å². The molecule has 0 aromatic heterocycles. The van der Waals surface area contributed by atoms with Crippen LogP contribution in [0.15, 0.2) is 42.5 Å². The van der Waals surface area contributed by atoms with E-state index < -0.39 is 0 Å². The molecule has 0 aliphatic heterocycles. The van der Waals surface area contributed by atoms with Crippen molar-refractivity contribution >= 4 is 17.6 Å². The van der Waals surface area contributed by atoms with Crippen molar-refractivity contribution in [2.24, 2.45) is 0 Å². The average Bonchev–Trinajstić information content (AvgIpc) is 3.12. The number of ether oxygens (including phenoxy) is 3. The second-order valence-electron chi connectivity index (χ2n) is 14.1. The highest BCUT2D eigenvalue weighted by Gasteiger charge is 2.07. The fourth-order valence-electron chi connectivity index (χ4n) is 6.17. The van der Waals surface area contributed by atoms with E-state index in [0.29, 0.717) is 25.3 Å². The Hall–Kier alpha value is -1.94. The molecule has 288 valence electrons. The molecule has 0 radical (unpaired) electrons. The summed E-state index contributed by atoms with van der Waals surface area (Å²) in [7, 11) is 0. The number of alkyl halides is 1. The molecule has 0 saturated carbocycles. The summed E-state index contributed by atoms with van der Waals surface area (Å²) in [6.45, 7) is 5.85. The minimum absolute atomic E-state index is 0.220. The predicted octanol–water partition coefficient (Wildman–Crippen LogP) is 14.5. The Morgan fingerprint density at radius 3 is 1.60 bits per heavy atom. The number of aryl methyl sites for hydroxylation is 1. The second-order valence-corrected chi connectivity index (χ2v) is 14.5. The van der Waals surface area contributed by atoms with Gasteiger partial charge in [-0.15, -0.1) is 11.6 Å². The molecule has 1 rings (SSSR count). The molecule has 0 unspecified atom stereocenters. The Morgan fingerprint density at radius 1 is 0.540 bits per heavy atom. The van der Waals surface area contributed by atoms with E-state index >= 15 is 0 Å². The number of carbonyl (C=O) groups excluding carboxylic acids is 1. The number of hydrogen-bond donors (Lipinski definition) is 0. The number of benzene rings is 1. The number of unbranched alkanes of at least 4 members (excludes halogenated alkanes) is 21. The van der Waals surface area contributed by atoms with Crippen LogP contribution in [-0.2, 0) is 16.0 Å². The molecular formula is C45H77ClO4. The van der Waals surface area contributed by atoms with Crippen molar-refractivity contribution in [1.29, 1.82) is 0 Å². The van der Waals surface area contributed by atoms with Crippen LogP contribution in [0.3, 0.4) is 0 Å². The molecule has 0 saturated heterocycles. The Morgan fingerprint density at radius 2 is 1.02 bits per heavy atom. The molecule has 0 fully saturated rings. The van der Waals surface area contributed by atoms with Crippen LogP contribution in [0.25, 0.3) is 0 Å². The molecule has 0 heterocycles. The zero-order chi connectivity index (χ0) is 36.0. The maximum Gasteiger partial charge on any atom is 0.305 e. The van der Waals surface area contributed by atoms with Crippen molar-refractivity contribution in [2.45, 2.75) is 194 Å². The van der Waals surface area contributed by atoms with Crippen LogP contribution >= 0.6 is 11.6 Å². The molecule has 5 heteroatoms. The summed E-state index contributed by atoms with van der Waals surface area (Å²) in [5.41, 5.74) is 1.26. The van der Waals surface area contributed by atoms with Gasteiger partial charge in [0.05, 0.1) is 6.61 Å². The van der Waals surface area contributed by atoms with E-state index in [1.807, 2.05) is 6.07 Å². The van der Waals surface area contributed by atoms with Crippen LogP contribution in [0.5, 0.6) is 11.5 Å². The van der Waals surface area contributed by atoms with Crippen molar-refractivity contribution in [3.63, 3.8) is 0 Å². The standard InChI is InChI=1S/C45H77ClO4/c1-3-5-7-9-11-13-15-17-18-19-21-23-25-27-29-31-36-48-43-39-42(40-44(41-43)49-37-38-50-45(47)34-32-35-46)33-30-28-26-24-22-20-16-14-12-10-8-6-4-2/h11,13,17-18,39-41H,3-10,12,14-16,19-38H2,1-2H3/b13-11-,18-17-. The second kappa shape index (κ2) is 36.8. The van der Waals surface area contributed by atoms with Gasteiger partial charge in [0.25, 0.3) is 0 Å². The summed E-state index contributed by atoms with van der Waals surface area (Å²) < 4.78 is 17.5. The lowest BCUT2D eigenvalue weighted by Crippen LogP contribution is -2.12. The molecular weight excluding hydrogens is 640 g/mol. The SMILES string of the molecule is CCCCC/C=C\C/C=C\CCCCCCCCOc1cc(CCCCCCCCCCCCCCC)cc(OCCOC(=O)CCCCl)c1. The van der Waals surface area contributed by atoms with Crippen LogP contribution < -0.4 is 9.47 Å². The number of halogens is 1. The fraction of sp³-hybridized carbons (Fsp3) is 0.756. The third-order valence-corrected chi connectivity index (χ3v) is 9.52. The molecule has 0 bridgehead atoms. The third-order valence-electron chi connectivity index (χ3n) is 9.25. The van der Waals surface area contributed by atoms with E-state index in [0.717, 1.165) is 37.4 Å². The summed E-state index contributed by atoms with van der Waals surface area (Å²) >= 11 is 5.68. The Bertz CT molecular complexity index is 943. The average molecular weight is 718 g/mol. The van der Waals surface area contributed by atoms with E-state index in [4.69, 9.17) is 25.8 Å². The van der Waals surface area contributed by atoms with E-state index in [-0.39, 0.29) is 12.6 Å². The first-order valence-corrected chi connectivity index (χ1v) is 21.6. The van der Waals surface area contributed by atoms with Gasteiger partial charge in [-0.3, -0.25) is 4.79 Å². The van der Waals surface area contributed by atoms with Crippen molar-refractivity contribution < 1.29 is 19.0 Å². The van der Waals surface area contributed by atoms with E-state index in [1.54, 1.807) is 0 Å². The molecule has 1 aromatic carbocycles. The first kappa shape index (κ1) is 46.1. The first-order valence-electron chi connectivity index (χ1n) is 21.1. The minimum Gasteiger partial charge on any atom is -0.493 e. The highest BCUT2D eigenvalue weighted by molar-refractivity contribution is 6.17. The summed E-state index contributed by atoms with van der Waals surface area (Å²) in [6.07, 6.45) is 43.9. The van der Waals surface area contributed by atoms with Gasteiger partial charge in [0.15, 0.2) is 0 Å². The van der Waals surface area contributed by atoms with Crippen molar-refractivity contribution in [1.82, 2.24) is 0 Å². The summed E-state index contributed by atoms with van der Waals surface area (Å²) in [6, 6.07) is 6.30. The fourth-order valence-corrected chi connectivity index (χ4v) is 6.30. The molecule has 50 heavy (non-hydrogen) atoms. The minimum atomic E-state index is -0.220. The number of carbonyl (C=O) groups is 1. The third kappa shape index (κ3) is 30.8. The number of esters is 1. The van der Waals surface area contributed by atoms with Crippen molar-refractivity contribution in [2.75, 3.05) is 25.7 Å². The molecule has 1 aromatic rings. The molecule has 0 aliphatic carbocycles. The van der Waals surface area contributed by atoms with Gasteiger partial charge < -0.3 is 14.2 Å².